The third-order valence-electron chi connectivity index (χ3n) is 3.60. The Morgan fingerprint density at radius 3 is 2.83 bits per heavy atom. The first kappa shape index (κ1) is 17.8. The molecule has 1 aromatic heterocycles. The summed E-state index contributed by atoms with van der Waals surface area (Å²) in [6, 6.07) is 8.02. The zero-order valence-corrected chi connectivity index (χ0v) is 14.6. The van der Waals surface area contributed by atoms with Crippen LogP contribution in [0.5, 0.6) is 5.75 Å². The number of para-hydroxylation sites is 1. The first-order chi connectivity index (χ1) is 11.8. The van der Waals surface area contributed by atoms with E-state index in [0.29, 0.717) is 13.2 Å². The maximum atomic E-state index is 5.64. The summed E-state index contributed by atoms with van der Waals surface area (Å²) in [5.74, 6) is 2.65. The highest BCUT2D eigenvalue weighted by atomic mass is 16.5. The number of hydrogen-bond acceptors (Lipinski definition) is 4. The SMILES string of the molecule is CCOc1ccccc1CNC(=NC)NCCn1cnnc1CC. The van der Waals surface area contributed by atoms with E-state index in [1.807, 2.05) is 29.7 Å². The summed E-state index contributed by atoms with van der Waals surface area (Å²) in [4.78, 5) is 4.25. The molecule has 0 spiro atoms. The molecule has 130 valence electrons. The van der Waals surface area contributed by atoms with Crippen LogP contribution < -0.4 is 15.4 Å². The maximum Gasteiger partial charge on any atom is 0.191 e. The van der Waals surface area contributed by atoms with Crippen LogP contribution in [0.25, 0.3) is 0 Å². The molecule has 24 heavy (non-hydrogen) atoms. The van der Waals surface area contributed by atoms with Crippen molar-refractivity contribution in [2.75, 3.05) is 20.2 Å². The minimum atomic E-state index is 0.655. The van der Waals surface area contributed by atoms with Crippen molar-refractivity contribution >= 4 is 5.96 Å². The van der Waals surface area contributed by atoms with Gasteiger partial charge in [-0.05, 0) is 13.0 Å². The van der Waals surface area contributed by atoms with E-state index in [1.54, 1.807) is 13.4 Å². The van der Waals surface area contributed by atoms with Gasteiger partial charge in [-0.2, -0.15) is 0 Å². The van der Waals surface area contributed by atoms with E-state index < -0.39 is 0 Å². The van der Waals surface area contributed by atoms with Crippen LogP contribution in [0.1, 0.15) is 25.2 Å². The molecule has 7 nitrogen and oxygen atoms in total. The Hall–Kier alpha value is -2.57. The van der Waals surface area contributed by atoms with Gasteiger partial charge < -0.3 is 19.9 Å². The number of rotatable bonds is 8. The molecule has 1 aromatic carbocycles. The standard InChI is InChI=1S/C17H26N6O/c1-4-16-22-21-13-23(16)11-10-19-17(18-3)20-12-14-8-6-7-9-15(14)24-5-2/h6-9,13H,4-5,10-12H2,1-3H3,(H2,18,19,20). The number of nitrogens with one attached hydrogen (secondary N) is 2. The van der Waals surface area contributed by atoms with E-state index in [0.717, 1.165) is 42.6 Å². The Kier molecular flexibility index (Phi) is 7.07. The minimum absolute atomic E-state index is 0.655. The summed E-state index contributed by atoms with van der Waals surface area (Å²) in [6.45, 7) is 6.92. The highest BCUT2D eigenvalue weighted by Gasteiger charge is 2.05. The first-order valence-corrected chi connectivity index (χ1v) is 8.30. The van der Waals surface area contributed by atoms with Crippen molar-refractivity contribution in [3.63, 3.8) is 0 Å². The van der Waals surface area contributed by atoms with Crippen molar-refractivity contribution in [3.05, 3.63) is 42.0 Å². The molecule has 0 atom stereocenters. The topological polar surface area (TPSA) is 76.4 Å². The van der Waals surface area contributed by atoms with Gasteiger partial charge in [0.1, 0.15) is 17.9 Å². The summed E-state index contributed by atoms with van der Waals surface area (Å²) < 4.78 is 7.69. The molecule has 1 heterocycles. The Morgan fingerprint density at radius 1 is 1.25 bits per heavy atom. The van der Waals surface area contributed by atoms with Gasteiger partial charge in [-0.3, -0.25) is 4.99 Å². The molecule has 0 bridgehead atoms. The Morgan fingerprint density at radius 2 is 2.08 bits per heavy atom. The first-order valence-electron chi connectivity index (χ1n) is 8.30. The van der Waals surface area contributed by atoms with Gasteiger partial charge in [0.05, 0.1) is 6.61 Å². The van der Waals surface area contributed by atoms with Crippen LogP contribution in [-0.4, -0.2) is 40.9 Å². The molecule has 2 aromatic rings. The fraction of sp³-hybridized carbons (Fsp3) is 0.471. The number of aromatic nitrogens is 3. The van der Waals surface area contributed by atoms with E-state index in [-0.39, 0.29) is 0 Å². The lowest BCUT2D eigenvalue weighted by atomic mass is 10.2. The van der Waals surface area contributed by atoms with Crippen LogP contribution in [0, 0.1) is 0 Å². The van der Waals surface area contributed by atoms with Gasteiger partial charge in [0.25, 0.3) is 0 Å². The molecule has 7 heteroatoms. The van der Waals surface area contributed by atoms with E-state index in [9.17, 15) is 0 Å². The van der Waals surface area contributed by atoms with Gasteiger partial charge in [0, 0.05) is 38.7 Å². The minimum Gasteiger partial charge on any atom is -0.494 e. The van der Waals surface area contributed by atoms with Crippen molar-refractivity contribution in [1.29, 1.82) is 0 Å². The zero-order chi connectivity index (χ0) is 17.2. The third-order valence-corrected chi connectivity index (χ3v) is 3.60. The number of aliphatic imine (C=N–C) groups is 1. The van der Waals surface area contributed by atoms with Crippen LogP contribution in [0.3, 0.4) is 0 Å². The fourth-order valence-electron chi connectivity index (χ4n) is 2.38. The molecular formula is C17H26N6O. The fourth-order valence-corrected chi connectivity index (χ4v) is 2.38. The normalized spacial score (nSPS) is 11.4. The van der Waals surface area contributed by atoms with E-state index in [1.165, 1.54) is 0 Å². The lowest BCUT2D eigenvalue weighted by Gasteiger charge is -2.14. The van der Waals surface area contributed by atoms with E-state index in [2.05, 4.69) is 38.8 Å². The van der Waals surface area contributed by atoms with Crippen molar-refractivity contribution in [2.24, 2.45) is 4.99 Å². The number of ether oxygens (including phenoxy) is 1. The smallest absolute Gasteiger partial charge is 0.191 e. The van der Waals surface area contributed by atoms with Gasteiger partial charge in [-0.15, -0.1) is 10.2 Å². The third kappa shape index (κ3) is 4.97. The second kappa shape index (κ2) is 9.54. The van der Waals surface area contributed by atoms with Gasteiger partial charge >= 0.3 is 0 Å². The van der Waals surface area contributed by atoms with Gasteiger partial charge in [-0.1, -0.05) is 25.1 Å². The summed E-state index contributed by atoms with van der Waals surface area (Å²) in [5, 5.41) is 14.6. The molecule has 0 aliphatic heterocycles. The monoisotopic (exact) mass is 330 g/mol. The van der Waals surface area contributed by atoms with Gasteiger partial charge in [-0.25, -0.2) is 0 Å². The highest BCUT2D eigenvalue weighted by Crippen LogP contribution is 2.17. The Labute approximate surface area is 143 Å². The highest BCUT2D eigenvalue weighted by molar-refractivity contribution is 5.79. The number of nitrogens with zero attached hydrogens (tertiary/aromatic N) is 4. The molecule has 2 N–H and O–H groups in total. The predicted molar refractivity (Wildman–Crippen MR) is 95.2 cm³/mol. The summed E-state index contributed by atoms with van der Waals surface area (Å²) in [6.07, 6.45) is 2.64. The number of guanidine groups is 1. The molecule has 0 saturated heterocycles. The largest absolute Gasteiger partial charge is 0.494 e. The average Bonchev–Trinajstić information content (AvgIpc) is 3.07. The Balaban J connectivity index is 1.83. The molecule has 0 fully saturated rings. The van der Waals surface area contributed by atoms with Crippen LogP contribution in [0.2, 0.25) is 0 Å². The van der Waals surface area contributed by atoms with Crippen molar-refractivity contribution < 1.29 is 4.74 Å². The summed E-state index contributed by atoms with van der Waals surface area (Å²) >= 11 is 0. The summed E-state index contributed by atoms with van der Waals surface area (Å²) in [7, 11) is 1.76. The summed E-state index contributed by atoms with van der Waals surface area (Å²) in [5.41, 5.74) is 1.11. The van der Waals surface area contributed by atoms with Crippen molar-refractivity contribution in [2.45, 2.75) is 33.4 Å². The second-order valence-electron chi connectivity index (χ2n) is 5.19. The van der Waals surface area contributed by atoms with Crippen molar-refractivity contribution in [1.82, 2.24) is 25.4 Å². The number of benzene rings is 1. The van der Waals surface area contributed by atoms with Crippen LogP contribution >= 0.6 is 0 Å². The molecule has 2 rings (SSSR count). The molecular weight excluding hydrogens is 304 g/mol. The molecule has 0 aliphatic carbocycles. The van der Waals surface area contributed by atoms with Gasteiger partial charge in [0.15, 0.2) is 5.96 Å². The lowest BCUT2D eigenvalue weighted by molar-refractivity contribution is 0.336. The predicted octanol–water partition coefficient (Wildman–Crippen LogP) is 1.60. The lowest BCUT2D eigenvalue weighted by Crippen LogP contribution is -2.38. The molecule has 0 aliphatic rings. The van der Waals surface area contributed by atoms with E-state index >= 15 is 0 Å². The number of aryl methyl sites for hydroxylation is 1. The Bertz CT molecular complexity index is 652. The number of hydrogen-bond donors (Lipinski definition) is 2. The second-order valence-corrected chi connectivity index (χ2v) is 5.19. The quantitative estimate of drug-likeness (QED) is 0.568. The van der Waals surface area contributed by atoms with E-state index in [4.69, 9.17) is 4.74 Å². The average molecular weight is 330 g/mol. The molecule has 0 unspecified atom stereocenters. The zero-order valence-electron chi connectivity index (χ0n) is 14.6. The van der Waals surface area contributed by atoms with Crippen molar-refractivity contribution in [3.8, 4) is 5.75 Å². The van der Waals surface area contributed by atoms with Crippen LogP contribution in [0.15, 0.2) is 35.6 Å². The van der Waals surface area contributed by atoms with Crippen LogP contribution in [-0.2, 0) is 19.5 Å². The molecule has 0 saturated carbocycles. The van der Waals surface area contributed by atoms with Gasteiger partial charge in [0.2, 0.25) is 0 Å². The molecule has 0 amide bonds. The molecule has 0 radical (unpaired) electrons. The maximum absolute atomic E-state index is 5.64. The van der Waals surface area contributed by atoms with Crippen LogP contribution in [0.4, 0.5) is 0 Å².